The Kier molecular flexibility index (Phi) is 6.33. The molecule has 0 aliphatic heterocycles. The van der Waals surface area contributed by atoms with Gasteiger partial charge in [-0.15, -0.1) is 0 Å². The highest BCUT2D eigenvalue weighted by Gasteiger charge is 1.79. The highest BCUT2D eigenvalue weighted by Crippen LogP contribution is 1.91. The van der Waals surface area contributed by atoms with E-state index in [-0.39, 0.29) is 0 Å². The van der Waals surface area contributed by atoms with E-state index in [0.29, 0.717) is 11.7 Å². The van der Waals surface area contributed by atoms with Crippen LogP contribution in [0.2, 0.25) is 0 Å². The SMILES string of the molecule is C[S+]=O.O=Cc1ccccc1. The van der Waals surface area contributed by atoms with Crippen molar-refractivity contribution < 1.29 is 9.00 Å². The molecule has 0 fully saturated rings. The molecule has 1 aromatic rings. The minimum Gasteiger partial charge on any atom is -0.298 e. The Bertz CT molecular complexity index is 209. The van der Waals surface area contributed by atoms with Gasteiger partial charge in [-0.25, -0.2) is 0 Å². The highest BCUT2D eigenvalue weighted by atomic mass is 32.1. The third kappa shape index (κ3) is 5.36. The van der Waals surface area contributed by atoms with E-state index in [0.717, 1.165) is 11.8 Å². The lowest BCUT2D eigenvalue weighted by molar-refractivity contribution is 0.112. The average molecular weight is 169 g/mol. The number of hydrogen-bond donors (Lipinski definition) is 0. The van der Waals surface area contributed by atoms with Crippen LogP contribution in [0.25, 0.3) is 0 Å². The van der Waals surface area contributed by atoms with Crippen LogP contribution >= 0.6 is 0 Å². The van der Waals surface area contributed by atoms with Crippen LogP contribution in [0, 0.1) is 0 Å². The zero-order chi connectivity index (χ0) is 8.53. The molecule has 0 saturated heterocycles. The standard InChI is InChI=1S/C7H6O.CH3OS/c8-6-7-4-2-1-3-5-7;1-3-2/h1-6H;1H3/q;+1. The van der Waals surface area contributed by atoms with Crippen LogP contribution in [0.3, 0.4) is 0 Å². The van der Waals surface area contributed by atoms with Crippen molar-refractivity contribution in [3.63, 3.8) is 0 Å². The molecule has 0 unspecified atom stereocenters. The van der Waals surface area contributed by atoms with Gasteiger partial charge in [0.25, 0.3) is 0 Å². The van der Waals surface area contributed by atoms with E-state index in [1.165, 1.54) is 6.26 Å². The van der Waals surface area contributed by atoms with Crippen molar-refractivity contribution in [1.29, 1.82) is 0 Å². The Morgan fingerprint density at radius 3 is 2.00 bits per heavy atom. The Balaban J connectivity index is 0.000000292. The largest absolute Gasteiger partial charge is 0.455 e. The molecule has 0 aliphatic rings. The summed E-state index contributed by atoms with van der Waals surface area (Å²) in [6.45, 7) is 0. The molecular weight excluding hydrogens is 160 g/mol. The van der Waals surface area contributed by atoms with E-state index in [4.69, 9.17) is 4.21 Å². The molecule has 3 heteroatoms. The molecule has 0 atom stereocenters. The minimum atomic E-state index is 0.500. The first-order valence-corrected chi connectivity index (χ1v) is 4.16. The lowest BCUT2D eigenvalue weighted by atomic mass is 10.2. The van der Waals surface area contributed by atoms with Crippen molar-refractivity contribution in [3.05, 3.63) is 35.9 Å². The molecule has 0 aromatic heterocycles. The van der Waals surface area contributed by atoms with Crippen molar-refractivity contribution in [1.82, 2.24) is 0 Å². The highest BCUT2D eigenvalue weighted by molar-refractivity contribution is 7.64. The van der Waals surface area contributed by atoms with Gasteiger partial charge in [0.15, 0.2) is 0 Å². The predicted octanol–water partition coefficient (Wildman–Crippen LogP) is 1.54. The first-order valence-electron chi connectivity index (χ1n) is 3.01. The molecule has 58 valence electrons. The smallest absolute Gasteiger partial charge is 0.298 e. The van der Waals surface area contributed by atoms with Crippen molar-refractivity contribution in [3.8, 4) is 0 Å². The second-order valence-electron chi connectivity index (χ2n) is 1.70. The van der Waals surface area contributed by atoms with Crippen molar-refractivity contribution in [2.75, 3.05) is 6.26 Å². The van der Waals surface area contributed by atoms with Crippen molar-refractivity contribution in [2.24, 2.45) is 0 Å². The molecule has 1 rings (SSSR count). The summed E-state index contributed by atoms with van der Waals surface area (Å²) in [5.41, 5.74) is 0.729. The van der Waals surface area contributed by atoms with Gasteiger partial charge in [0.05, 0.1) is 0 Å². The van der Waals surface area contributed by atoms with E-state index in [9.17, 15) is 4.79 Å². The van der Waals surface area contributed by atoms with Crippen LogP contribution in [-0.4, -0.2) is 12.5 Å². The van der Waals surface area contributed by atoms with Crippen molar-refractivity contribution in [2.45, 2.75) is 0 Å². The molecule has 0 amide bonds. The zero-order valence-electron chi connectivity index (χ0n) is 6.19. The quantitative estimate of drug-likeness (QED) is 0.472. The Morgan fingerprint density at radius 1 is 1.27 bits per heavy atom. The van der Waals surface area contributed by atoms with Gasteiger partial charge in [-0.2, -0.15) is 0 Å². The number of hydrogen-bond acceptors (Lipinski definition) is 2. The summed E-state index contributed by atoms with van der Waals surface area (Å²) in [5, 5.41) is 0. The Morgan fingerprint density at radius 2 is 1.73 bits per heavy atom. The summed E-state index contributed by atoms with van der Waals surface area (Å²) in [4.78, 5) is 10.0. The van der Waals surface area contributed by atoms with Gasteiger partial charge in [0, 0.05) is 9.77 Å². The summed E-state index contributed by atoms with van der Waals surface area (Å²) in [6, 6.07) is 9.10. The lowest BCUT2D eigenvalue weighted by Gasteiger charge is -1.81. The summed E-state index contributed by atoms with van der Waals surface area (Å²) in [7, 11) is 0. The number of carbonyl (C=O) groups excluding carboxylic acids is 1. The van der Waals surface area contributed by atoms with Crippen molar-refractivity contribution >= 4 is 18.0 Å². The number of benzene rings is 1. The molecule has 0 heterocycles. The summed E-state index contributed by atoms with van der Waals surface area (Å²) < 4.78 is 8.85. The second-order valence-corrected chi connectivity index (χ2v) is 2.03. The van der Waals surface area contributed by atoms with Crippen LogP contribution in [0.1, 0.15) is 10.4 Å². The molecule has 0 spiro atoms. The minimum absolute atomic E-state index is 0.500. The Labute approximate surface area is 69.7 Å². The molecule has 0 aliphatic carbocycles. The molecule has 1 aromatic carbocycles. The maximum atomic E-state index is 10.0. The van der Waals surface area contributed by atoms with Gasteiger partial charge >= 0.3 is 11.7 Å². The van der Waals surface area contributed by atoms with E-state index in [1.807, 2.05) is 18.2 Å². The molecule has 0 N–H and O–H groups in total. The van der Waals surface area contributed by atoms with Crippen LogP contribution in [0.15, 0.2) is 30.3 Å². The monoisotopic (exact) mass is 169 g/mol. The number of rotatable bonds is 1. The third-order valence-electron chi connectivity index (χ3n) is 0.936. The summed E-state index contributed by atoms with van der Waals surface area (Å²) in [5.74, 6) is 0. The third-order valence-corrected chi connectivity index (χ3v) is 0.936. The summed E-state index contributed by atoms with van der Waals surface area (Å²) in [6.07, 6.45) is 2.32. The fraction of sp³-hybridized carbons (Fsp3) is 0.125. The molecule has 0 bridgehead atoms. The Hall–Kier alpha value is -1.09. The van der Waals surface area contributed by atoms with E-state index in [1.54, 1.807) is 12.1 Å². The average Bonchev–Trinajstić information content (AvgIpc) is 2.08. The molecule has 11 heavy (non-hydrogen) atoms. The van der Waals surface area contributed by atoms with E-state index >= 15 is 0 Å². The van der Waals surface area contributed by atoms with Crippen LogP contribution in [0.5, 0.6) is 0 Å². The van der Waals surface area contributed by atoms with Gasteiger partial charge in [-0.1, -0.05) is 30.3 Å². The van der Waals surface area contributed by atoms with E-state index in [2.05, 4.69) is 0 Å². The normalized spacial score (nSPS) is 7.36. The number of aldehydes is 1. The predicted molar refractivity (Wildman–Crippen MR) is 45.8 cm³/mol. The van der Waals surface area contributed by atoms with Gasteiger partial charge in [0.2, 0.25) is 6.26 Å². The lowest BCUT2D eigenvalue weighted by Crippen LogP contribution is -1.73. The maximum absolute atomic E-state index is 10.0. The van der Waals surface area contributed by atoms with E-state index < -0.39 is 0 Å². The van der Waals surface area contributed by atoms with Crippen LogP contribution < -0.4 is 0 Å². The van der Waals surface area contributed by atoms with Gasteiger partial charge in [0.1, 0.15) is 6.29 Å². The van der Waals surface area contributed by atoms with Gasteiger partial charge in [-0.05, 0) is 0 Å². The van der Waals surface area contributed by atoms with Crippen LogP contribution in [0.4, 0.5) is 0 Å². The van der Waals surface area contributed by atoms with Gasteiger partial charge < -0.3 is 0 Å². The maximum Gasteiger partial charge on any atom is 0.455 e. The topological polar surface area (TPSA) is 34.1 Å². The van der Waals surface area contributed by atoms with Gasteiger partial charge in [-0.3, -0.25) is 4.79 Å². The first-order chi connectivity index (χ1) is 5.35. The fourth-order valence-corrected chi connectivity index (χ4v) is 0.532. The molecular formula is C8H9O2S+. The first kappa shape index (κ1) is 9.91. The van der Waals surface area contributed by atoms with Crippen LogP contribution in [-0.2, 0) is 15.9 Å². The molecule has 2 nitrogen and oxygen atoms in total. The number of carbonyl (C=O) groups is 1. The zero-order valence-corrected chi connectivity index (χ0v) is 7.01. The summed E-state index contributed by atoms with van der Waals surface area (Å²) >= 11 is 0.500. The molecule has 0 saturated carbocycles. The molecule has 0 radical (unpaired) electrons. The second kappa shape index (κ2) is 7.02. The fourth-order valence-electron chi connectivity index (χ4n) is 0.532.